The quantitative estimate of drug-likeness (QED) is 0.142. The zero-order valence-corrected chi connectivity index (χ0v) is 24.0. The average Bonchev–Trinajstić information content (AvgIpc) is 3.42. The summed E-state index contributed by atoms with van der Waals surface area (Å²) in [6, 6.07) is 11.2. The van der Waals surface area contributed by atoms with Crippen LogP contribution in [0.2, 0.25) is 0 Å². The highest BCUT2D eigenvalue weighted by Gasteiger charge is 2.10. The van der Waals surface area contributed by atoms with Gasteiger partial charge >= 0.3 is 0 Å². The standard InChI is InChI=1S/C28H39N7O6/c1-19(36)31-13-11-29-15-21-5-9-25(34-27(21)38-3)40-17-23-7-8-24(33-23)18-41-26-10-6-22(28(35-26)39-4)16-30-12-14-32-20(2)37/h5-10,29-30,33H,11-18H2,1-4H3,(H,31,36)(H,32,37). The van der Waals surface area contributed by atoms with Crippen LogP contribution in [-0.4, -0.2) is 67.2 Å². The minimum Gasteiger partial charge on any atom is -0.481 e. The Labute approximate surface area is 239 Å². The van der Waals surface area contributed by atoms with Gasteiger partial charge < -0.3 is 45.2 Å². The maximum Gasteiger partial charge on any atom is 0.220 e. The van der Waals surface area contributed by atoms with Gasteiger partial charge in [-0.25, -0.2) is 0 Å². The van der Waals surface area contributed by atoms with Crippen LogP contribution in [0, 0.1) is 0 Å². The largest absolute Gasteiger partial charge is 0.481 e. The highest BCUT2D eigenvalue weighted by molar-refractivity contribution is 5.73. The Morgan fingerprint density at radius 2 is 1.12 bits per heavy atom. The number of carbonyl (C=O) groups is 2. The van der Waals surface area contributed by atoms with Crippen molar-refractivity contribution in [3.8, 4) is 23.5 Å². The summed E-state index contributed by atoms with van der Waals surface area (Å²) in [5, 5.41) is 12.0. The maximum absolute atomic E-state index is 11.0. The SMILES string of the molecule is COc1nc(OCc2ccc(COc3ccc(CNCCNC(C)=O)c(OC)n3)[nH]2)ccc1CNCCNC(C)=O. The van der Waals surface area contributed by atoms with E-state index >= 15 is 0 Å². The third kappa shape index (κ3) is 11.0. The van der Waals surface area contributed by atoms with Crippen LogP contribution in [0.4, 0.5) is 0 Å². The van der Waals surface area contributed by atoms with Crippen molar-refractivity contribution in [2.75, 3.05) is 40.4 Å². The lowest BCUT2D eigenvalue weighted by Gasteiger charge is -2.12. The van der Waals surface area contributed by atoms with Crippen molar-refractivity contribution in [1.82, 2.24) is 36.2 Å². The summed E-state index contributed by atoms with van der Waals surface area (Å²) in [6.45, 7) is 7.03. The molecule has 0 saturated heterocycles. The summed E-state index contributed by atoms with van der Waals surface area (Å²) in [5.74, 6) is 1.72. The molecule has 0 fully saturated rings. The Hall–Kier alpha value is -4.36. The van der Waals surface area contributed by atoms with E-state index in [2.05, 4.69) is 36.2 Å². The molecule has 0 saturated carbocycles. The van der Waals surface area contributed by atoms with Crippen LogP contribution in [0.25, 0.3) is 0 Å². The maximum atomic E-state index is 11.0. The first-order chi connectivity index (χ1) is 19.9. The summed E-state index contributed by atoms with van der Waals surface area (Å²) in [4.78, 5) is 34.1. The van der Waals surface area contributed by atoms with Crippen LogP contribution in [-0.2, 0) is 35.9 Å². The molecule has 0 spiro atoms. The number of amides is 2. The van der Waals surface area contributed by atoms with Gasteiger partial charge in [0.1, 0.15) is 13.2 Å². The fourth-order valence-corrected chi connectivity index (χ4v) is 3.75. The molecule has 0 bridgehead atoms. The predicted octanol–water partition coefficient (Wildman–Crippen LogP) is 1.43. The van der Waals surface area contributed by atoms with Crippen LogP contribution in [0.5, 0.6) is 23.5 Å². The van der Waals surface area contributed by atoms with Crippen molar-refractivity contribution >= 4 is 11.8 Å². The zero-order chi connectivity index (χ0) is 29.5. The van der Waals surface area contributed by atoms with Crippen molar-refractivity contribution in [2.24, 2.45) is 0 Å². The first kappa shape index (κ1) is 31.2. The van der Waals surface area contributed by atoms with Gasteiger partial charge in [0, 0.05) is 76.4 Å². The lowest BCUT2D eigenvalue weighted by atomic mass is 10.2. The number of H-pyrrole nitrogens is 1. The van der Waals surface area contributed by atoms with Crippen LogP contribution in [0.15, 0.2) is 36.4 Å². The number of ether oxygens (including phenoxy) is 4. The number of carbonyl (C=O) groups excluding carboxylic acids is 2. The minimum absolute atomic E-state index is 0.0564. The van der Waals surface area contributed by atoms with E-state index in [4.69, 9.17) is 18.9 Å². The van der Waals surface area contributed by atoms with Crippen LogP contribution < -0.4 is 40.2 Å². The lowest BCUT2D eigenvalue weighted by Crippen LogP contribution is -2.30. The van der Waals surface area contributed by atoms with Crippen molar-refractivity contribution in [2.45, 2.75) is 40.2 Å². The fourth-order valence-electron chi connectivity index (χ4n) is 3.75. The number of pyridine rings is 2. The highest BCUT2D eigenvalue weighted by atomic mass is 16.5. The highest BCUT2D eigenvalue weighted by Crippen LogP contribution is 2.22. The predicted molar refractivity (Wildman–Crippen MR) is 152 cm³/mol. The Morgan fingerprint density at radius 1 is 0.683 bits per heavy atom. The molecule has 5 N–H and O–H groups in total. The molecule has 13 heteroatoms. The summed E-state index contributed by atoms with van der Waals surface area (Å²) < 4.78 is 22.5. The van der Waals surface area contributed by atoms with Gasteiger partial charge in [-0.2, -0.15) is 9.97 Å². The summed E-state index contributed by atoms with van der Waals surface area (Å²) in [7, 11) is 3.13. The monoisotopic (exact) mass is 569 g/mol. The third-order valence-electron chi connectivity index (χ3n) is 5.75. The van der Waals surface area contributed by atoms with E-state index in [0.717, 1.165) is 22.5 Å². The Morgan fingerprint density at radius 3 is 1.51 bits per heavy atom. The van der Waals surface area contributed by atoms with Gasteiger partial charge in [0.15, 0.2) is 0 Å². The average molecular weight is 570 g/mol. The topological polar surface area (TPSA) is 161 Å². The van der Waals surface area contributed by atoms with Gasteiger partial charge in [0.25, 0.3) is 0 Å². The lowest BCUT2D eigenvalue weighted by molar-refractivity contribution is -0.119. The molecule has 3 heterocycles. The van der Waals surface area contributed by atoms with Gasteiger partial charge in [0.2, 0.25) is 35.3 Å². The molecule has 222 valence electrons. The molecule has 0 radical (unpaired) electrons. The van der Waals surface area contributed by atoms with Crippen LogP contribution >= 0.6 is 0 Å². The van der Waals surface area contributed by atoms with Crippen molar-refractivity contribution in [1.29, 1.82) is 0 Å². The van der Waals surface area contributed by atoms with Crippen molar-refractivity contribution in [3.05, 3.63) is 58.9 Å². The molecule has 13 nitrogen and oxygen atoms in total. The van der Waals surface area contributed by atoms with E-state index in [1.807, 2.05) is 24.3 Å². The van der Waals surface area contributed by atoms with E-state index in [0.29, 0.717) is 76.0 Å². The molecule has 2 amide bonds. The van der Waals surface area contributed by atoms with E-state index in [1.165, 1.54) is 13.8 Å². The first-order valence-corrected chi connectivity index (χ1v) is 13.3. The number of nitrogens with one attached hydrogen (secondary N) is 5. The third-order valence-corrected chi connectivity index (χ3v) is 5.75. The molecular weight excluding hydrogens is 530 g/mol. The number of aromatic nitrogens is 3. The zero-order valence-electron chi connectivity index (χ0n) is 24.0. The van der Waals surface area contributed by atoms with Crippen LogP contribution in [0.1, 0.15) is 36.4 Å². The van der Waals surface area contributed by atoms with Gasteiger partial charge in [-0.3, -0.25) is 9.59 Å². The molecular formula is C28H39N7O6. The second-order valence-electron chi connectivity index (χ2n) is 9.04. The van der Waals surface area contributed by atoms with E-state index in [9.17, 15) is 9.59 Å². The van der Waals surface area contributed by atoms with E-state index < -0.39 is 0 Å². The van der Waals surface area contributed by atoms with Gasteiger partial charge in [-0.15, -0.1) is 0 Å². The Kier molecular flexibility index (Phi) is 12.7. The van der Waals surface area contributed by atoms with E-state index in [1.54, 1.807) is 26.4 Å². The van der Waals surface area contributed by atoms with Gasteiger partial charge in [-0.1, -0.05) is 0 Å². The van der Waals surface area contributed by atoms with E-state index in [-0.39, 0.29) is 11.8 Å². The fraction of sp³-hybridized carbons (Fsp3) is 0.429. The molecule has 0 unspecified atom stereocenters. The molecule has 3 rings (SSSR count). The summed E-state index contributed by atoms with van der Waals surface area (Å²) in [5.41, 5.74) is 3.50. The number of aromatic amines is 1. The Balaban J connectivity index is 1.45. The number of hydrogen-bond donors (Lipinski definition) is 5. The Bertz CT molecular complexity index is 1170. The summed E-state index contributed by atoms with van der Waals surface area (Å²) in [6.07, 6.45) is 0. The molecule has 0 aliphatic heterocycles. The molecule has 3 aromatic rings. The molecule has 3 aromatic heterocycles. The number of hydrogen-bond acceptors (Lipinski definition) is 10. The second kappa shape index (κ2) is 16.7. The molecule has 0 aromatic carbocycles. The number of rotatable bonds is 18. The number of methoxy groups -OCH3 is 2. The minimum atomic E-state index is -0.0564. The molecule has 0 aliphatic rings. The van der Waals surface area contributed by atoms with Crippen molar-refractivity contribution < 1.29 is 28.5 Å². The van der Waals surface area contributed by atoms with Gasteiger partial charge in [0.05, 0.1) is 25.6 Å². The van der Waals surface area contributed by atoms with Crippen molar-refractivity contribution in [3.63, 3.8) is 0 Å². The molecule has 41 heavy (non-hydrogen) atoms. The summed E-state index contributed by atoms with van der Waals surface area (Å²) >= 11 is 0. The normalized spacial score (nSPS) is 10.6. The van der Waals surface area contributed by atoms with Crippen LogP contribution in [0.3, 0.4) is 0 Å². The second-order valence-corrected chi connectivity index (χ2v) is 9.04. The molecule has 0 aliphatic carbocycles. The molecule has 0 atom stereocenters. The smallest absolute Gasteiger partial charge is 0.220 e. The van der Waals surface area contributed by atoms with Gasteiger partial charge in [-0.05, 0) is 24.3 Å². The number of nitrogens with zero attached hydrogens (tertiary/aromatic N) is 2. The first-order valence-electron chi connectivity index (χ1n) is 13.3.